The van der Waals surface area contributed by atoms with Crippen LogP contribution in [0.1, 0.15) is 47.5 Å². The second kappa shape index (κ2) is 5.30. The van der Waals surface area contributed by atoms with Gasteiger partial charge in [-0.05, 0) is 32.1 Å². The molecular formula is C11H25NO2S. The molecular weight excluding hydrogens is 210 g/mol. The smallest absolute Gasteiger partial charge is 0.152 e. The summed E-state index contributed by atoms with van der Waals surface area (Å²) in [6, 6.07) is 0.0693. The van der Waals surface area contributed by atoms with Crippen molar-refractivity contribution in [2.45, 2.75) is 58.8 Å². The van der Waals surface area contributed by atoms with Crippen LogP contribution in [0.25, 0.3) is 0 Å². The molecule has 0 aromatic heterocycles. The molecule has 0 aromatic rings. The quantitative estimate of drug-likeness (QED) is 0.792. The van der Waals surface area contributed by atoms with E-state index in [-0.39, 0.29) is 22.5 Å². The van der Waals surface area contributed by atoms with Crippen LogP contribution in [0.2, 0.25) is 0 Å². The SMILES string of the molecule is CC(C)S(=O)(=O)CCCC(N)C(C)(C)C. The molecule has 15 heavy (non-hydrogen) atoms. The molecule has 0 radical (unpaired) electrons. The Morgan fingerprint density at radius 1 is 1.20 bits per heavy atom. The Labute approximate surface area is 94.4 Å². The van der Waals surface area contributed by atoms with E-state index in [1.807, 2.05) is 0 Å². The molecule has 0 bridgehead atoms. The average molecular weight is 235 g/mol. The molecule has 0 fully saturated rings. The van der Waals surface area contributed by atoms with Gasteiger partial charge in [0, 0.05) is 6.04 Å². The van der Waals surface area contributed by atoms with Crippen molar-refractivity contribution < 1.29 is 8.42 Å². The Morgan fingerprint density at radius 2 is 1.67 bits per heavy atom. The number of hydrogen-bond donors (Lipinski definition) is 1. The topological polar surface area (TPSA) is 60.2 Å². The standard InChI is InChI=1S/C11H25NO2S/c1-9(2)15(13,14)8-6-7-10(12)11(3,4)5/h9-10H,6-8,12H2,1-5H3. The first-order valence-electron chi connectivity index (χ1n) is 5.54. The summed E-state index contributed by atoms with van der Waals surface area (Å²) in [5, 5.41) is -0.275. The number of hydrogen-bond acceptors (Lipinski definition) is 3. The second-order valence-electron chi connectivity index (χ2n) is 5.53. The van der Waals surface area contributed by atoms with Crippen molar-refractivity contribution in [3.05, 3.63) is 0 Å². The summed E-state index contributed by atoms with van der Waals surface area (Å²) < 4.78 is 23.0. The van der Waals surface area contributed by atoms with Gasteiger partial charge in [-0.15, -0.1) is 0 Å². The van der Waals surface area contributed by atoms with Gasteiger partial charge in [0.2, 0.25) is 0 Å². The Kier molecular flexibility index (Phi) is 5.27. The third-order valence-electron chi connectivity index (χ3n) is 2.77. The van der Waals surface area contributed by atoms with Gasteiger partial charge < -0.3 is 5.73 Å². The van der Waals surface area contributed by atoms with Crippen LogP contribution in [0, 0.1) is 5.41 Å². The average Bonchev–Trinajstić information content (AvgIpc) is 2.01. The van der Waals surface area contributed by atoms with Gasteiger partial charge >= 0.3 is 0 Å². The maximum Gasteiger partial charge on any atom is 0.152 e. The first-order chi connectivity index (χ1) is 6.57. The van der Waals surface area contributed by atoms with Gasteiger partial charge in [-0.2, -0.15) is 0 Å². The van der Waals surface area contributed by atoms with E-state index in [4.69, 9.17) is 5.73 Å². The van der Waals surface area contributed by atoms with Crippen LogP contribution in [0.3, 0.4) is 0 Å². The molecule has 0 rings (SSSR count). The minimum Gasteiger partial charge on any atom is -0.327 e. The molecule has 2 N–H and O–H groups in total. The molecule has 0 aromatic carbocycles. The van der Waals surface area contributed by atoms with Gasteiger partial charge in [0.05, 0.1) is 11.0 Å². The Hall–Kier alpha value is -0.0900. The maximum atomic E-state index is 11.5. The lowest BCUT2D eigenvalue weighted by Crippen LogP contribution is -2.35. The van der Waals surface area contributed by atoms with Crippen LogP contribution in [0.4, 0.5) is 0 Å². The van der Waals surface area contributed by atoms with E-state index < -0.39 is 9.84 Å². The first-order valence-corrected chi connectivity index (χ1v) is 7.26. The Morgan fingerprint density at radius 3 is 2.00 bits per heavy atom. The van der Waals surface area contributed by atoms with Crippen molar-refractivity contribution in [1.29, 1.82) is 0 Å². The summed E-state index contributed by atoms with van der Waals surface area (Å²) >= 11 is 0. The molecule has 1 atom stereocenters. The van der Waals surface area contributed by atoms with Gasteiger partial charge in [-0.3, -0.25) is 0 Å². The molecule has 0 saturated carbocycles. The van der Waals surface area contributed by atoms with Crippen LogP contribution in [0.15, 0.2) is 0 Å². The zero-order valence-electron chi connectivity index (χ0n) is 10.6. The molecule has 92 valence electrons. The predicted molar refractivity (Wildman–Crippen MR) is 65.6 cm³/mol. The highest BCUT2D eigenvalue weighted by Crippen LogP contribution is 2.21. The molecule has 3 nitrogen and oxygen atoms in total. The highest BCUT2D eigenvalue weighted by atomic mass is 32.2. The lowest BCUT2D eigenvalue weighted by atomic mass is 9.85. The van der Waals surface area contributed by atoms with E-state index in [0.717, 1.165) is 6.42 Å². The van der Waals surface area contributed by atoms with Gasteiger partial charge in [-0.25, -0.2) is 8.42 Å². The van der Waals surface area contributed by atoms with Crippen LogP contribution in [0.5, 0.6) is 0 Å². The zero-order valence-corrected chi connectivity index (χ0v) is 11.4. The van der Waals surface area contributed by atoms with Crippen LogP contribution in [-0.2, 0) is 9.84 Å². The summed E-state index contributed by atoms with van der Waals surface area (Å²) in [4.78, 5) is 0. The third-order valence-corrected chi connectivity index (χ3v) is 5.07. The fourth-order valence-electron chi connectivity index (χ4n) is 1.17. The molecule has 4 heteroatoms. The van der Waals surface area contributed by atoms with Gasteiger partial charge in [0.15, 0.2) is 9.84 Å². The minimum absolute atomic E-state index is 0.0571. The van der Waals surface area contributed by atoms with Crippen LogP contribution in [-0.4, -0.2) is 25.5 Å². The molecule has 0 aliphatic rings. The Balaban J connectivity index is 4.02. The van der Waals surface area contributed by atoms with E-state index in [9.17, 15) is 8.42 Å². The third kappa shape index (κ3) is 5.52. The molecule has 0 spiro atoms. The van der Waals surface area contributed by atoms with Crippen molar-refractivity contribution in [1.82, 2.24) is 0 Å². The minimum atomic E-state index is -2.89. The van der Waals surface area contributed by atoms with Crippen molar-refractivity contribution in [3.8, 4) is 0 Å². The maximum absolute atomic E-state index is 11.5. The highest BCUT2D eigenvalue weighted by molar-refractivity contribution is 7.91. The van der Waals surface area contributed by atoms with E-state index in [0.29, 0.717) is 6.42 Å². The van der Waals surface area contributed by atoms with Crippen molar-refractivity contribution in [3.63, 3.8) is 0 Å². The lowest BCUT2D eigenvalue weighted by Gasteiger charge is -2.27. The van der Waals surface area contributed by atoms with Gasteiger partial charge in [-0.1, -0.05) is 20.8 Å². The second-order valence-corrected chi connectivity index (χ2v) is 8.21. The number of sulfone groups is 1. The zero-order chi connectivity index (χ0) is 12.3. The Bertz CT molecular complexity index is 275. The van der Waals surface area contributed by atoms with Crippen LogP contribution >= 0.6 is 0 Å². The highest BCUT2D eigenvalue weighted by Gasteiger charge is 2.22. The fraction of sp³-hybridized carbons (Fsp3) is 1.00. The predicted octanol–water partition coefficient (Wildman–Crippen LogP) is 1.96. The summed E-state index contributed by atoms with van der Waals surface area (Å²) in [6.45, 7) is 9.68. The normalized spacial score (nSPS) is 15.7. The summed E-state index contributed by atoms with van der Waals surface area (Å²) in [5.74, 6) is 0.258. The van der Waals surface area contributed by atoms with Crippen molar-refractivity contribution in [2.75, 3.05) is 5.75 Å². The van der Waals surface area contributed by atoms with Crippen LogP contribution < -0.4 is 5.73 Å². The van der Waals surface area contributed by atoms with Gasteiger partial charge in [0.1, 0.15) is 0 Å². The van der Waals surface area contributed by atoms with Crippen molar-refractivity contribution >= 4 is 9.84 Å². The monoisotopic (exact) mass is 235 g/mol. The summed E-state index contributed by atoms with van der Waals surface area (Å²) in [5.41, 5.74) is 6.02. The summed E-state index contributed by atoms with van der Waals surface area (Å²) in [6.07, 6.45) is 1.44. The molecule has 0 heterocycles. The molecule has 1 unspecified atom stereocenters. The first kappa shape index (κ1) is 14.9. The fourth-order valence-corrected chi connectivity index (χ4v) is 2.21. The number of nitrogens with two attached hydrogens (primary N) is 1. The largest absolute Gasteiger partial charge is 0.327 e. The van der Waals surface area contributed by atoms with E-state index in [1.54, 1.807) is 13.8 Å². The number of rotatable bonds is 5. The van der Waals surface area contributed by atoms with E-state index >= 15 is 0 Å². The lowest BCUT2D eigenvalue weighted by molar-refractivity contribution is 0.304. The molecule has 0 amide bonds. The summed E-state index contributed by atoms with van der Waals surface area (Å²) in [7, 11) is -2.89. The molecule has 0 aliphatic carbocycles. The van der Waals surface area contributed by atoms with Gasteiger partial charge in [0.25, 0.3) is 0 Å². The van der Waals surface area contributed by atoms with E-state index in [2.05, 4.69) is 20.8 Å². The van der Waals surface area contributed by atoms with Crippen molar-refractivity contribution in [2.24, 2.45) is 11.1 Å². The van der Waals surface area contributed by atoms with E-state index in [1.165, 1.54) is 0 Å². The molecule has 0 aliphatic heterocycles. The molecule has 0 saturated heterocycles.